The normalized spacial score (nSPS) is 13.2. The molecule has 6 heteroatoms. The highest BCUT2D eigenvalue weighted by Gasteiger charge is 2.31. The lowest BCUT2D eigenvalue weighted by Gasteiger charge is -2.14. The van der Waals surface area contributed by atoms with E-state index in [2.05, 4.69) is 0 Å². The molecule has 1 atom stereocenters. The quantitative estimate of drug-likeness (QED) is 0.474. The van der Waals surface area contributed by atoms with Gasteiger partial charge in [-0.1, -0.05) is 23.7 Å². The predicted molar refractivity (Wildman–Crippen MR) is 75.2 cm³/mol. The second-order valence-corrected chi connectivity index (χ2v) is 5.50. The molecule has 2 rings (SSSR count). The summed E-state index contributed by atoms with van der Waals surface area (Å²) in [6, 6.07) is 8.96. The highest BCUT2D eigenvalue weighted by atomic mass is 35.5. The lowest BCUT2D eigenvalue weighted by molar-refractivity contribution is -0.137. The van der Waals surface area contributed by atoms with Gasteiger partial charge >= 0.3 is 6.18 Å². The Kier molecular flexibility index (Phi) is 4.79. The van der Waals surface area contributed by atoms with Crippen molar-refractivity contribution in [1.82, 2.24) is 0 Å². The van der Waals surface area contributed by atoms with Crippen LogP contribution in [0.25, 0.3) is 0 Å². The number of alkyl halides is 4. The Morgan fingerprint density at radius 2 is 1.76 bits per heavy atom. The Balaban J connectivity index is 2.28. The van der Waals surface area contributed by atoms with E-state index in [0.29, 0.717) is 11.1 Å². The number of hydrogen-bond acceptors (Lipinski definition) is 0. The molecule has 0 nitrogen and oxygen atoms in total. The lowest BCUT2D eigenvalue weighted by Crippen LogP contribution is -2.08. The molecule has 0 bridgehead atoms. The van der Waals surface area contributed by atoms with E-state index >= 15 is 0 Å². The van der Waals surface area contributed by atoms with Gasteiger partial charge in [-0.05, 0) is 42.3 Å². The van der Waals surface area contributed by atoms with E-state index in [0.717, 1.165) is 17.7 Å². The molecule has 0 aliphatic carbocycles. The predicted octanol–water partition coefficient (Wildman–Crippen LogP) is 6.02. The number of hydrogen-bond donors (Lipinski definition) is 0. The topological polar surface area (TPSA) is 0 Å². The third kappa shape index (κ3) is 4.11. The van der Waals surface area contributed by atoms with Gasteiger partial charge in [0.05, 0.1) is 10.9 Å². The molecule has 0 aromatic heterocycles. The molecule has 21 heavy (non-hydrogen) atoms. The van der Waals surface area contributed by atoms with Crippen molar-refractivity contribution >= 4 is 23.2 Å². The molecule has 1 unspecified atom stereocenters. The van der Waals surface area contributed by atoms with Crippen molar-refractivity contribution in [2.45, 2.75) is 18.0 Å². The van der Waals surface area contributed by atoms with Crippen LogP contribution in [0, 0.1) is 5.82 Å². The van der Waals surface area contributed by atoms with E-state index in [1.54, 1.807) is 24.3 Å². The molecule has 0 N–H and O–H groups in total. The second kappa shape index (κ2) is 6.24. The molecule has 2 aromatic carbocycles. The van der Waals surface area contributed by atoms with Crippen LogP contribution in [0.3, 0.4) is 0 Å². The molecular weight excluding hydrogens is 327 g/mol. The fourth-order valence-corrected chi connectivity index (χ4v) is 2.50. The monoisotopic (exact) mass is 336 g/mol. The van der Waals surface area contributed by atoms with Crippen molar-refractivity contribution in [3.05, 3.63) is 70.0 Å². The first-order valence-corrected chi connectivity index (χ1v) is 6.84. The summed E-state index contributed by atoms with van der Waals surface area (Å²) in [5, 5.41) is -0.424. The van der Waals surface area contributed by atoms with Crippen molar-refractivity contribution in [1.29, 1.82) is 0 Å². The summed E-state index contributed by atoms with van der Waals surface area (Å²) in [6.07, 6.45) is -4.35. The fraction of sp³-hybridized carbons (Fsp3) is 0.200. The highest BCUT2D eigenvalue weighted by molar-refractivity contribution is 6.30. The molecule has 0 saturated carbocycles. The highest BCUT2D eigenvalue weighted by Crippen LogP contribution is 2.34. The average Bonchev–Trinajstić information content (AvgIpc) is 2.37. The number of rotatable bonds is 3. The van der Waals surface area contributed by atoms with Crippen molar-refractivity contribution in [2.75, 3.05) is 0 Å². The SMILES string of the molecule is Fc1ccc(C(F)(F)F)cc1C(Cl)Cc1cccc(Cl)c1. The third-order valence-corrected chi connectivity index (χ3v) is 3.59. The molecule has 0 saturated heterocycles. The van der Waals surface area contributed by atoms with E-state index < -0.39 is 22.9 Å². The first-order chi connectivity index (χ1) is 9.77. The van der Waals surface area contributed by atoms with Crippen LogP contribution >= 0.6 is 23.2 Å². The van der Waals surface area contributed by atoms with Crippen LogP contribution in [0.2, 0.25) is 5.02 Å². The molecule has 0 fully saturated rings. The molecule has 0 radical (unpaired) electrons. The first-order valence-electron chi connectivity index (χ1n) is 6.02. The van der Waals surface area contributed by atoms with Gasteiger partial charge in [-0.3, -0.25) is 0 Å². The van der Waals surface area contributed by atoms with E-state index in [4.69, 9.17) is 23.2 Å². The number of halogens is 6. The Hall–Kier alpha value is -1.26. The zero-order valence-electron chi connectivity index (χ0n) is 10.6. The minimum Gasteiger partial charge on any atom is -0.207 e. The third-order valence-electron chi connectivity index (χ3n) is 2.96. The van der Waals surface area contributed by atoms with E-state index in [-0.39, 0.29) is 12.0 Å². The van der Waals surface area contributed by atoms with Gasteiger partial charge in [0.2, 0.25) is 0 Å². The zero-order valence-corrected chi connectivity index (χ0v) is 12.1. The van der Waals surface area contributed by atoms with Crippen LogP contribution in [0.4, 0.5) is 17.6 Å². The largest absolute Gasteiger partial charge is 0.416 e. The average molecular weight is 337 g/mol. The van der Waals surface area contributed by atoms with Gasteiger partial charge in [-0.25, -0.2) is 4.39 Å². The van der Waals surface area contributed by atoms with E-state index in [9.17, 15) is 17.6 Å². The Morgan fingerprint density at radius 3 is 2.38 bits per heavy atom. The molecule has 0 aliphatic heterocycles. The maximum Gasteiger partial charge on any atom is 0.416 e. The maximum absolute atomic E-state index is 13.7. The molecule has 0 amide bonds. The summed E-state index contributed by atoms with van der Waals surface area (Å²) in [5.74, 6) is -0.759. The van der Waals surface area contributed by atoms with Crippen molar-refractivity contribution in [3.63, 3.8) is 0 Å². The van der Waals surface area contributed by atoms with Crippen LogP contribution in [0.5, 0.6) is 0 Å². The summed E-state index contributed by atoms with van der Waals surface area (Å²) < 4.78 is 51.7. The molecule has 0 aliphatic rings. The van der Waals surface area contributed by atoms with Gasteiger partial charge < -0.3 is 0 Å². The maximum atomic E-state index is 13.7. The zero-order chi connectivity index (χ0) is 15.6. The summed E-state index contributed by atoms with van der Waals surface area (Å²) in [4.78, 5) is 0. The van der Waals surface area contributed by atoms with Crippen LogP contribution in [-0.4, -0.2) is 0 Å². The standard InChI is InChI=1S/C15H10Cl2F4/c16-11-3-1-2-9(6-11)7-13(17)12-8-10(15(19,20)21)4-5-14(12)18/h1-6,8,13H,7H2. The second-order valence-electron chi connectivity index (χ2n) is 4.54. The van der Waals surface area contributed by atoms with Crippen molar-refractivity contribution < 1.29 is 17.6 Å². The lowest BCUT2D eigenvalue weighted by atomic mass is 10.0. The fourth-order valence-electron chi connectivity index (χ4n) is 1.94. The van der Waals surface area contributed by atoms with Gasteiger partial charge in [-0.15, -0.1) is 11.6 Å². The van der Waals surface area contributed by atoms with Gasteiger partial charge in [0.25, 0.3) is 0 Å². The van der Waals surface area contributed by atoms with Crippen molar-refractivity contribution in [2.24, 2.45) is 0 Å². The Bertz CT molecular complexity index is 638. The van der Waals surface area contributed by atoms with Gasteiger partial charge in [-0.2, -0.15) is 13.2 Å². The van der Waals surface area contributed by atoms with E-state index in [1.165, 1.54) is 0 Å². The first kappa shape index (κ1) is 16.1. The van der Waals surface area contributed by atoms with Crippen LogP contribution in [0.15, 0.2) is 42.5 Å². The molecule has 112 valence electrons. The number of benzene rings is 2. The smallest absolute Gasteiger partial charge is 0.207 e. The van der Waals surface area contributed by atoms with Crippen LogP contribution in [0.1, 0.15) is 22.1 Å². The Labute approximate surface area is 129 Å². The summed E-state index contributed by atoms with van der Waals surface area (Å²) in [7, 11) is 0. The summed E-state index contributed by atoms with van der Waals surface area (Å²) in [6.45, 7) is 0. The van der Waals surface area contributed by atoms with Gasteiger partial charge in [0, 0.05) is 10.6 Å². The van der Waals surface area contributed by atoms with Gasteiger partial charge in [0.1, 0.15) is 5.82 Å². The van der Waals surface area contributed by atoms with Crippen LogP contribution in [-0.2, 0) is 12.6 Å². The van der Waals surface area contributed by atoms with E-state index in [1.807, 2.05) is 0 Å². The molecule has 0 spiro atoms. The molecular formula is C15H10Cl2F4. The van der Waals surface area contributed by atoms with Crippen LogP contribution < -0.4 is 0 Å². The molecule has 2 aromatic rings. The summed E-state index contributed by atoms with van der Waals surface area (Å²) in [5.41, 5.74) is -0.374. The van der Waals surface area contributed by atoms with Gasteiger partial charge in [0.15, 0.2) is 0 Å². The molecule has 0 heterocycles. The van der Waals surface area contributed by atoms with Crippen molar-refractivity contribution in [3.8, 4) is 0 Å². The Morgan fingerprint density at radius 1 is 1.05 bits per heavy atom. The summed E-state index contributed by atoms with van der Waals surface area (Å²) >= 11 is 11.9. The minimum absolute atomic E-state index is 0.175. The minimum atomic E-state index is -4.53.